The van der Waals surface area contributed by atoms with Crippen molar-refractivity contribution in [2.45, 2.75) is 11.8 Å². The third-order valence-electron chi connectivity index (χ3n) is 4.98. The van der Waals surface area contributed by atoms with Gasteiger partial charge in [-0.3, -0.25) is 4.79 Å². The Bertz CT molecular complexity index is 1020. The molecule has 0 aliphatic carbocycles. The second kappa shape index (κ2) is 8.92. The molecule has 0 bridgehead atoms. The Labute approximate surface area is 181 Å². The van der Waals surface area contributed by atoms with Crippen molar-refractivity contribution in [1.82, 2.24) is 4.90 Å². The van der Waals surface area contributed by atoms with Crippen LogP contribution in [0.4, 0.5) is 11.4 Å². The van der Waals surface area contributed by atoms with Gasteiger partial charge in [0.05, 0.1) is 26.9 Å². The van der Waals surface area contributed by atoms with Gasteiger partial charge in [0.2, 0.25) is 0 Å². The minimum absolute atomic E-state index is 0.0362. The summed E-state index contributed by atoms with van der Waals surface area (Å²) in [7, 11) is -3.46. The van der Waals surface area contributed by atoms with Crippen LogP contribution in [0.15, 0.2) is 41.3 Å². The number of halogens is 2. The van der Waals surface area contributed by atoms with Crippen molar-refractivity contribution >= 4 is 50.3 Å². The Morgan fingerprint density at radius 2 is 1.76 bits per heavy atom. The molecule has 0 radical (unpaired) electrons. The fourth-order valence-electron chi connectivity index (χ4n) is 3.29. The second-order valence-electron chi connectivity index (χ2n) is 6.95. The van der Waals surface area contributed by atoms with Crippen molar-refractivity contribution in [3.8, 4) is 0 Å². The highest BCUT2D eigenvalue weighted by Gasteiger charge is 2.21. The molecule has 9 heteroatoms. The molecule has 0 unspecified atom stereocenters. The Hall–Kier alpha value is -1.80. The maximum absolute atomic E-state index is 12.9. The lowest BCUT2D eigenvalue weighted by atomic mass is 10.1. The summed E-state index contributed by atoms with van der Waals surface area (Å²) in [6.07, 6.45) is 1.09. The van der Waals surface area contributed by atoms with E-state index in [1.54, 1.807) is 12.1 Å². The fraction of sp³-hybridized carbons (Fsp3) is 0.350. The summed E-state index contributed by atoms with van der Waals surface area (Å²) in [6.45, 7) is 6.69. The summed E-state index contributed by atoms with van der Waals surface area (Å²) in [4.78, 5) is 17.5. The minimum atomic E-state index is -3.46. The van der Waals surface area contributed by atoms with Crippen molar-refractivity contribution in [3.63, 3.8) is 0 Å². The van der Waals surface area contributed by atoms with E-state index in [9.17, 15) is 13.2 Å². The highest BCUT2D eigenvalue weighted by Crippen LogP contribution is 2.31. The minimum Gasteiger partial charge on any atom is -0.367 e. The number of benzene rings is 2. The summed E-state index contributed by atoms with van der Waals surface area (Å²) in [5.41, 5.74) is 1.53. The molecule has 1 fully saturated rings. The number of piperazine rings is 1. The summed E-state index contributed by atoms with van der Waals surface area (Å²) < 4.78 is 23.7. The fourth-order valence-corrected chi connectivity index (χ4v) is 4.31. The average Bonchev–Trinajstić information content (AvgIpc) is 2.67. The van der Waals surface area contributed by atoms with Gasteiger partial charge in [0.15, 0.2) is 9.84 Å². The van der Waals surface area contributed by atoms with E-state index in [1.807, 2.05) is 6.07 Å². The van der Waals surface area contributed by atoms with E-state index in [2.05, 4.69) is 22.0 Å². The van der Waals surface area contributed by atoms with E-state index in [-0.39, 0.29) is 15.5 Å². The van der Waals surface area contributed by atoms with Gasteiger partial charge in [-0.05, 0) is 42.9 Å². The topological polar surface area (TPSA) is 69.7 Å². The molecule has 1 N–H and O–H groups in total. The zero-order chi connectivity index (χ0) is 21.2. The van der Waals surface area contributed by atoms with Crippen LogP contribution in [0.5, 0.6) is 0 Å². The average molecular weight is 456 g/mol. The van der Waals surface area contributed by atoms with Gasteiger partial charge in [-0.1, -0.05) is 30.1 Å². The maximum atomic E-state index is 12.9. The molecule has 0 atom stereocenters. The van der Waals surface area contributed by atoms with Crippen LogP contribution in [0.25, 0.3) is 0 Å². The van der Waals surface area contributed by atoms with Crippen LogP contribution in [0.1, 0.15) is 17.3 Å². The first kappa shape index (κ1) is 21.9. The molecular formula is C20H23Cl2N3O3S. The highest BCUT2D eigenvalue weighted by atomic mass is 35.5. The molecule has 6 nitrogen and oxygen atoms in total. The van der Waals surface area contributed by atoms with Gasteiger partial charge in [0.1, 0.15) is 0 Å². The van der Waals surface area contributed by atoms with Crippen molar-refractivity contribution < 1.29 is 13.2 Å². The van der Waals surface area contributed by atoms with Gasteiger partial charge in [0, 0.05) is 37.5 Å². The normalized spacial score (nSPS) is 15.4. The van der Waals surface area contributed by atoms with E-state index in [1.165, 1.54) is 18.2 Å². The molecule has 0 spiro atoms. The summed E-state index contributed by atoms with van der Waals surface area (Å²) in [6, 6.07) is 9.44. The summed E-state index contributed by atoms with van der Waals surface area (Å²) in [5.74, 6) is -0.490. The van der Waals surface area contributed by atoms with Gasteiger partial charge in [-0.15, -0.1) is 0 Å². The van der Waals surface area contributed by atoms with Crippen LogP contribution in [0.2, 0.25) is 10.0 Å². The molecule has 0 saturated carbocycles. The number of hydrogen-bond acceptors (Lipinski definition) is 5. The Balaban J connectivity index is 1.89. The molecule has 1 amide bonds. The van der Waals surface area contributed by atoms with Crippen LogP contribution >= 0.6 is 23.2 Å². The predicted molar refractivity (Wildman–Crippen MR) is 118 cm³/mol. The van der Waals surface area contributed by atoms with Gasteiger partial charge in [-0.25, -0.2) is 8.42 Å². The number of nitrogens with one attached hydrogen (secondary N) is 1. The first-order chi connectivity index (χ1) is 13.7. The van der Waals surface area contributed by atoms with Crippen LogP contribution < -0.4 is 10.2 Å². The maximum Gasteiger partial charge on any atom is 0.257 e. The second-order valence-corrected chi connectivity index (χ2v) is 9.81. The van der Waals surface area contributed by atoms with Crippen molar-refractivity contribution in [2.75, 3.05) is 49.2 Å². The number of carbonyl (C=O) groups excluding carboxylic acids is 1. The van der Waals surface area contributed by atoms with Gasteiger partial charge in [0.25, 0.3) is 5.91 Å². The number of sulfone groups is 1. The summed E-state index contributed by atoms with van der Waals surface area (Å²) >= 11 is 12.3. The van der Waals surface area contributed by atoms with E-state index >= 15 is 0 Å². The number of anilines is 2. The largest absolute Gasteiger partial charge is 0.367 e. The van der Waals surface area contributed by atoms with Gasteiger partial charge >= 0.3 is 0 Å². The number of nitrogens with zero attached hydrogens (tertiary/aromatic N) is 2. The third-order valence-corrected chi connectivity index (χ3v) is 6.65. The molecule has 1 aliphatic rings. The van der Waals surface area contributed by atoms with Gasteiger partial charge in [-0.2, -0.15) is 0 Å². The van der Waals surface area contributed by atoms with Gasteiger partial charge < -0.3 is 15.1 Å². The van der Waals surface area contributed by atoms with E-state index in [4.69, 9.17) is 23.2 Å². The highest BCUT2D eigenvalue weighted by molar-refractivity contribution is 7.90. The van der Waals surface area contributed by atoms with E-state index in [0.717, 1.165) is 44.7 Å². The SMILES string of the molecule is CCN1CCN(c2ccc(Cl)cc2NC(=O)c2cc(S(C)(=O)=O)ccc2Cl)CC1. The number of carbonyl (C=O) groups is 1. The predicted octanol–water partition coefficient (Wildman–Crippen LogP) is 3.79. The smallest absolute Gasteiger partial charge is 0.257 e. The number of rotatable bonds is 5. The van der Waals surface area contributed by atoms with Crippen molar-refractivity contribution in [1.29, 1.82) is 0 Å². The van der Waals surface area contributed by atoms with Crippen LogP contribution in [-0.2, 0) is 9.84 Å². The Morgan fingerprint density at radius 1 is 1.07 bits per heavy atom. The zero-order valence-corrected chi connectivity index (χ0v) is 18.6. The van der Waals surface area contributed by atoms with E-state index < -0.39 is 15.7 Å². The molecule has 1 aliphatic heterocycles. The lowest BCUT2D eigenvalue weighted by molar-refractivity contribution is 0.102. The zero-order valence-electron chi connectivity index (χ0n) is 16.3. The van der Waals surface area contributed by atoms with Crippen LogP contribution in [0.3, 0.4) is 0 Å². The summed E-state index contributed by atoms with van der Waals surface area (Å²) in [5, 5.41) is 3.52. The van der Waals surface area contributed by atoms with Crippen molar-refractivity contribution in [2.24, 2.45) is 0 Å². The lowest BCUT2D eigenvalue weighted by Crippen LogP contribution is -2.46. The molecule has 1 saturated heterocycles. The first-order valence-electron chi connectivity index (χ1n) is 9.27. The van der Waals surface area contributed by atoms with Crippen LogP contribution in [-0.4, -0.2) is 58.2 Å². The third kappa shape index (κ3) is 5.22. The van der Waals surface area contributed by atoms with Crippen LogP contribution in [0, 0.1) is 0 Å². The molecule has 2 aromatic rings. The monoisotopic (exact) mass is 455 g/mol. The molecule has 0 aromatic heterocycles. The van der Waals surface area contributed by atoms with E-state index in [0.29, 0.717) is 10.7 Å². The molecule has 1 heterocycles. The molecule has 3 rings (SSSR count). The lowest BCUT2D eigenvalue weighted by Gasteiger charge is -2.36. The Morgan fingerprint density at radius 3 is 2.38 bits per heavy atom. The number of hydrogen-bond donors (Lipinski definition) is 1. The van der Waals surface area contributed by atoms with Crippen molar-refractivity contribution in [3.05, 3.63) is 52.0 Å². The quantitative estimate of drug-likeness (QED) is 0.742. The molecule has 2 aromatic carbocycles. The first-order valence-corrected chi connectivity index (χ1v) is 11.9. The Kier molecular flexibility index (Phi) is 6.73. The molecule has 29 heavy (non-hydrogen) atoms. The standard InChI is InChI=1S/C20H23Cl2N3O3S/c1-3-24-8-10-25(11-9-24)19-7-4-14(21)12-18(19)23-20(26)16-13-15(29(2,27)28)5-6-17(16)22/h4-7,12-13H,3,8-11H2,1-2H3,(H,23,26). The number of amides is 1. The number of likely N-dealkylation sites (N-methyl/N-ethyl adjacent to an activating group) is 1. The molecule has 156 valence electrons. The molecular weight excluding hydrogens is 433 g/mol.